The molecule has 0 aromatic heterocycles. The van der Waals surface area contributed by atoms with Gasteiger partial charge in [-0.1, -0.05) is 18.2 Å². The van der Waals surface area contributed by atoms with Crippen LogP contribution in [-0.4, -0.2) is 43.8 Å². The molecule has 0 amide bonds. The molecule has 1 heterocycles. The van der Waals surface area contributed by atoms with E-state index in [1.165, 1.54) is 10.4 Å². The molecule has 1 aliphatic heterocycles. The summed E-state index contributed by atoms with van der Waals surface area (Å²) in [6, 6.07) is 13.0. The Morgan fingerprint density at radius 2 is 1.64 bits per heavy atom. The highest BCUT2D eigenvalue weighted by Crippen LogP contribution is 2.31. The van der Waals surface area contributed by atoms with Crippen LogP contribution in [0.3, 0.4) is 0 Å². The van der Waals surface area contributed by atoms with Crippen LogP contribution in [0.4, 0.5) is 13.2 Å². The van der Waals surface area contributed by atoms with Gasteiger partial charge in [0.2, 0.25) is 10.0 Å². The van der Waals surface area contributed by atoms with Gasteiger partial charge >= 0.3 is 6.18 Å². The van der Waals surface area contributed by atoms with Crippen LogP contribution in [0.5, 0.6) is 0 Å². The molecule has 0 atom stereocenters. The monoisotopic (exact) mass is 409 g/mol. The van der Waals surface area contributed by atoms with Gasteiger partial charge in [-0.05, 0) is 35.9 Å². The molecular weight excluding hydrogens is 391 g/mol. The van der Waals surface area contributed by atoms with Gasteiger partial charge in [0.15, 0.2) is 0 Å². The molecule has 0 saturated carbocycles. The minimum Gasteiger partial charge on any atom is -0.296 e. The van der Waals surface area contributed by atoms with E-state index >= 15 is 0 Å². The Morgan fingerprint density at radius 3 is 2.21 bits per heavy atom. The van der Waals surface area contributed by atoms with E-state index < -0.39 is 21.8 Å². The van der Waals surface area contributed by atoms with Crippen molar-refractivity contribution in [1.82, 2.24) is 9.21 Å². The number of nitrogens with zero attached hydrogens (tertiary/aromatic N) is 3. The lowest BCUT2D eigenvalue weighted by molar-refractivity contribution is -0.137. The number of hydrogen-bond donors (Lipinski definition) is 0. The summed E-state index contributed by atoms with van der Waals surface area (Å²) in [5.41, 5.74) is 0.599. The molecule has 1 saturated heterocycles. The second kappa shape index (κ2) is 7.91. The van der Waals surface area contributed by atoms with Gasteiger partial charge in [0, 0.05) is 32.7 Å². The summed E-state index contributed by atoms with van der Waals surface area (Å²) in [4.78, 5) is 1.72. The van der Waals surface area contributed by atoms with Crippen molar-refractivity contribution < 1.29 is 21.6 Å². The Bertz CT molecular complexity index is 975. The van der Waals surface area contributed by atoms with Crippen molar-refractivity contribution in [3.05, 3.63) is 65.2 Å². The zero-order valence-corrected chi connectivity index (χ0v) is 15.7. The highest BCUT2D eigenvalue weighted by molar-refractivity contribution is 7.89. The van der Waals surface area contributed by atoms with Crippen molar-refractivity contribution in [3.63, 3.8) is 0 Å². The smallest absolute Gasteiger partial charge is 0.296 e. The number of alkyl halides is 3. The first-order valence-corrected chi connectivity index (χ1v) is 10.0. The first-order valence-electron chi connectivity index (χ1n) is 8.59. The molecule has 3 rings (SSSR count). The molecule has 28 heavy (non-hydrogen) atoms. The largest absolute Gasteiger partial charge is 0.416 e. The molecule has 0 bridgehead atoms. The number of sulfonamides is 1. The van der Waals surface area contributed by atoms with Crippen LogP contribution >= 0.6 is 0 Å². The summed E-state index contributed by atoms with van der Waals surface area (Å²) in [5, 5.41) is 8.83. The maximum absolute atomic E-state index is 12.9. The van der Waals surface area contributed by atoms with E-state index in [1.54, 1.807) is 12.1 Å². The van der Waals surface area contributed by atoms with Crippen molar-refractivity contribution in [3.8, 4) is 6.07 Å². The fourth-order valence-electron chi connectivity index (χ4n) is 3.05. The zero-order valence-electron chi connectivity index (χ0n) is 14.9. The lowest BCUT2D eigenvalue weighted by Crippen LogP contribution is -2.48. The average Bonchev–Trinajstić information content (AvgIpc) is 2.68. The molecule has 1 aliphatic rings. The predicted molar refractivity (Wildman–Crippen MR) is 96.6 cm³/mol. The quantitative estimate of drug-likeness (QED) is 0.779. The lowest BCUT2D eigenvalue weighted by atomic mass is 10.1. The fraction of sp³-hybridized carbons (Fsp3) is 0.316. The van der Waals surface area contributed by atoms with Crippen LogP contribution in [0.1, 0.15) is 16.7 Å². The van der Waals surface area contributed by atoms with Crippen molar-refractivity contribution in [2.45, 2.75) is 17.6 Å². The summed E-state index contributed by atoms with van der Waals surface area (Å²) < 4.78 is 65.3. The summed E-state index contributed by atoms with van der Waals surface area (Å²) in [5.74, 6) is 0. The molecule has 2 aromatic carbocycles. The Kier molecular flexibility index (Phi) is 5.74. The Hall–Kier alpha value is -2.41. The number of rotatable bonds is 4. The minimum atomic E-state index is -4.59. The van der Waals surface area contributed by atoms with Crippen molar-refractivity contribution in [2.24, 2.45) is 0 Å². The topological polar surface area (TPSA) is 64.4 Å². The number of hydrogen-bond acceptors (Lipinski definition) is 4. The normalized spacial score (nSPS) is 16.6. The van der Waals surface area contributed by atoms with Crippen molar-refractivity contribution in [1.29, 1.82) is 5.26 Å². The van der Waals surface area contributed by atoms with Gasteiger partial charge < -0.3 is 0 Å². The third kappa shape index (κ3) is 4.52. The second-order valence-corrected chi connectivity index (χ2v) is 8.45. The number of nitriles is 1. The first kappa shape index (κ1) is 20.3. The van der Waals surface area contributed by atoms with Gasteiger partial charge in [-0.3, -0.25) is 4.90 Å². The predicted octanol–water partition coefficient (Wildman–Crippen LogP) is 3.08. The van der Waals surface area contributed by atoms with E-state index in [0.29, 0.717) is 31.3 Å². The summed E-state index contributed by atoms with van der Waals surface area (Å²) >= 11 is 0. The van der Waals surface area contributed by atoms with E-state index in [-0.39, 0.29) is 18.0 Å². The van der Waals surface area contributed by atoms with Crippen molar-refractivity contribution >= 4 is 10.0 Å². The van der Waals surface area contributed by atoms with Crippen LogP contribution < -0.4 is 0 Å². The molecule has 5 nitrogen and oxygen atoms in total. The third-order valence-electron chi connectivity index (χ3n) is 4.62. The molecule has 0 aliphatic carbocycles. The molecular formula is C19H18F3N3O2S. The number of benzene rings is 2. The second-order valence-electron chi connectivity index (χ2n) is 6.51. The Balaban J connectivity index is 1.66. The molecule has 0 unspecified atom stereocenters. The highest BCUT2D eigenvalue weighted by Gasteiger charge is 2.33. The SMILES string of the molecule is N#Cc1ccc(CN2CCN(S(=O)(=O)c3cccc(C(F)(F)F)c3)CC2)cc1. The molecule has 0 N–H and O–H groups in total. The van der Waals surface area contributed by atoms with Crippen LogP contribution in [0.2, 0.25) is 0 Å². The average molecular weight is 409 g/mol. The van der Waals surface area contributed by atoms with E-state index in [9.17, 15) is 21.6 Å². The zero-order chi connectivity index (χ0) is 20.4. The van der Waals surface area contributed by atoms with Gasteiger partial charge in [0.1, 0.15) is 0 Å². The minimum absolute atomic E-state index is 0.203. The van der Waals surface area contributed by atoms with Gasteiger partial charge in [-0.2, -0.15) is 22.7 Å². The van der Waals surface area contributed by atoms with Crippen LogP contribution in [0, 0.1) is 11.3 Å². The maximum atomic E-state index is 12.9. The molecule has 1 fully saturated rings. The fourth-order valence-corrected chi connectivity index (χ4v) is 4.52. The van der Waals surface area contributed by atoms with E-state index in [2.05, 4.69) is 11.0 Å². The molecule has 0 spiro atoms. The number of halogens is 3. The van der Waals surface area contributed by atoms with E-state index in [1.807, 2.05) is 12.1 Å². The molecule has 2 aromatic rings. The number of piperazine rings is 1. The summed E-state index contributed by atoms with van der Waals surface area (Å²) in [6.07, 6.45) is -4.59. The maximum Gasteiger partial charge on any atom is 0.416 e. The van der Waals surface area contributed by atoms with Crippen LogP contribution in [0.15, 0.2) is 53.4 Å². The molecule has 9 heteroatoms. The molecule has 0 radical (unpaired) electrons. The Labute approximate surface area is 161 Å². The van der Waals surface area contributed by atoms with Crippen LogP contribution in [0.25, 0.3) is 0 Å². The van der Waals surface area contributed by atoms with Crippen molar-refractivity contribution in [2.75, 3.05) is 26.2 Å². The standard InChI is InChI=1S/C19H18F3N3O2S/c20-19(21,22)17-2-1-3-18(12-17)28(26,27)25-10-8-24(9-11-25)14-16-6-4-15(13-23)5-7-16/h1-7,12H,8-11,14H2. The lowest BCUT2D eigenvalue weighted by Gasteiger charge is -2.34. The third-order valence-corrected chi connectivity index (χ3v) is 6.51. The van der Waals surface area contributed by atoms with Gasteiger partial charge in [-0.25, -0.2) is 8.42 Å². The van der Waals surface area contributed by atoms with E-state index in [4.69, 9.17) is 5.26 Å². The van der Waals surface area contributed by atoms with Crippen LogP contribution in [-0.2, 0) is 22.7 Å². The van der Waals surface area contributed by atoms with Gasteiger partial charge in [-0.15, -0.1) is 0 Å². The Morgan fingerprint density at radius 1 is 1.00 bits per heavy atom. The first-order chi connectivity index (χ1) is 13.2. The highest BCUT2D eigenvalue weighted by atomic mass is 32.2. The summed E-state index contributed by atoms with van der Waals surface area (Å²) in [6.45, 7) is 1.96. The van der Waals surface area contributed by atoms with E-state index in [0.717, 1.165) is 17.7 Å². The van der Waals surface area contributed by atoms with Gasteiger partial charge in [0.25, 0.3) is 0 Å². The van der Waals surface area contributed by atoms with Gasteiger partial charge in [0.05, 0.1) is 22.1 Å². The molecule has 148 valence electrons. The summed E-state index contributed by atoms with van der Waals surface area (Å²) in [7, 11) is -3.98.